The van der Waals surface area contributed by atoms with Gasteiger partial charge >= 0.3 is 12.1 Å². The fraction of sp³-hybridized carbons (Fsp3) is 0.176. The molecule has 25 heavy (non-hydrogen) atoms. The second-order valence-electron chi connectivity index (χ2n) is 4.85. The summed E-state index contributed by atoms with van der Waals surface area (Å²) < 4.78 is 14.1. The summed E-state index contributed by atoms with van der Waals surface area (Å²) in [6.45, 7) is 0. The topological polar surface area (TPSA) is 73.9 Å². The summed E-state index contributed by atoms with van der Waals surface area (Å²) in [6, 6.07) is 9.80. The molecule has 6 nitrogen and oxygen atoms in total. The molecule has 8 heteroatoms. The van der Waals surface area contributed by atoms with Gasteiger partial charge in [-0.05, 0) is 35.9 Å². The normalized spacial score (nSPS) is 10.1. The molecule has 2 aromatic rings. The van der Waals surface area contributed by atoms with Gasteiger partial charge in [-0.15, -0.1) is 0 Å². The van der Waals surface area contributed by atoms with E-state index in [2.05, 4.69) is 10.1 Å². The predicted molar refractivity (Wildman–Crippen MR) is 94.9 cm³/mol. The van der Waals surface area contributed by atoms with Gasteiger partial charge in [-0.3, -0.25) is 4.79 Å². The maximum atomic E-state index is 11.7. The minimum Gasteiger partial charge on any atom is -0.469 e. The quantitative estimate of drug-likeness (QED) is 0.600. The molecular formula is C17H15Cl2NO5. The van der Waals surface area contributed by atoms with Crippen LogP contribution in [0.5, 0.6) is 5.75 Å². The smallest absolute Gasteiger partial charge is 0.469 e. The molecule has 0 amide bonds. The zero-order valence-electron chi connectivity index (χ0n) is 13.5. The third-order valence-electron chi connectivity index (χ3n) is 3.23. The van der Waals surface area contributed by atoms with E-state index in [9.17, 15) is 9.59 Å². The highest BCUT2D eigenvalue weighted by Gasteiger charge is 2.14. The Morgan fingerprint density at radius 2 is 1.72 bits per heavy atom. The van der Waals surface area contributed by atoms with Crippen LogP contribution in [0.25, 0.3) is 0 Å². The highest BCUT2D eigenvalue weighted by atomic mass is 35.5. The number of nitrogens with one attached hydrogen (secondary N) is 1. The van der Waals surface area contributed by atoms with E-state index in [0.717, 1.165) is 0 Å². The van der Waals surface area contributed by atoms with Gasteiger partial charge in [0, 0.05) is 5.69 Å². The van der Waals surface area contributed by atoms with Gasteiger partial charge in [0.15, 0.2) is 0 Å². The molecule has 0 unspecified atom stereocenters. The van der Waals surface area contributed by atoms with Gasteiger partial charge < -0.3 is 19.5 Å². The first-order chi connectivity index (χ1) is 11.9. The van der Waals surface area contributed by atoms with Crippen molar-refractivity contribution in [2.24, 2.45) is 0 Å². The molecule has 0 saturated heterocycles. The molecule has 2 rings (SSSR count). The molecule has 0 radical (unpaired) electrons. The second kappa shape index (κ2) is 8.60. The summed E-state index contributed by atoms with van der Waals surface area (Å²) in [6.07, 6.45) is -0.905. The monoisotopic (exact) mass is 383 g/mol. The number of rotatable bonds is 5. The molecule has 0 aromatic heterocycles. The Balaban J connectivity index is 2.38. The van der Waals surface area contributed by atoms with E-state index < -0.39 is 12.1 Å². The van der Waals surface area contributed by atoms with Crippen molar-refractivity contribution in [1.29, 1.82) is 0 Å². The standard InChI is InChI=1S/C17H15Cl2NO5/c1-23-15(21)9-10-8-11(25-17(22)24-2)6-7-14(10)20-16-12(18)4-3-5-13(16)19/h3-8,20H,9H2,1-2H3. The number of carbonyl (C=O) groups excluding carboxylic acids is 2. The Bertz CT molecular complexity index is 774. The van der Waals surface area contributed by atoms with Crippen LogP contribution in [-0.4, -0.2) is 26.3 Å². The molecule has 0 bridgehead atoms. The molecular weight excluding hydrogens is 369 g/mol. The number of ether oxygens (including phenoxy) is 3. The Morgan fingerprint density at radius 1 is 1.04 bits per heavy atom. The van der Waals surface area contributed by atoms with Gasteiger partial charge in [0.2, 0.25) is 0 Å². The number of methoxy groups -OCH3 is 2. The summed E-state index contributed by atoms with van der Waals surface area (Å²) in [5.74, 6) is -0.231. The molecule has 132 valence electrons. The van der Waals surface area contributed by atoms with E-state index in [1.807, 2.05) is 0 Å². The third-order valence-corrected chi connectivity index (χ3v) is 3.86. The van der Waals surface area contributed by atoms with Crippen molar-refractivity contribution in [1.82, 2.24) is 0 Å². The predicted octanol–water partition coefficient (Wildman–Crippen LogP) is 4.60. The number of carbonyl (C=O) groups is 2. The van der Waals surface area contributed by atoms with E-state index in [0.29, 0.717) is 27.0 Å². The highest BCUT2D eigenvalue weighted by Crippen LogP contribution is 2.34. The van der Waals surface area contributed by atoms with E-state index in [-0.39, 0.29) is 12.2 Å². The molecule has 2 aromatic carbocycles. The second-order valence-corrected chi connectivity index (χ2v) is 5.66. The van der Waals surface area contributed by atoms with Crippen LogP contribution in [-0.2, 0) is 20.7 Å². The third kappa shape index (κ3) is 5.01. The van der Waals surface area contributed by atoms with Crippen LogP contribution in [0.2, 0.25) is 10.0 Å². The van der Waals surface area contributed by atoms with Gasteiger partial charge in [-0.2, -0.15) is 0 Å². The van der Waals surface area contributed by atoms with Crippen molar-refractivity contribution < 1.29 is 23.8 Å². The van der Waals surface area contributed by atoms with E-state index in [1.165, 1.54) is 20.3 Å². The molecule has 0 heterocycles. The van der Waals surface area contributed by atoms with E-state index >= 15 is 0 Å². The van der Waals surface area contributed by atoms with Crippen LogP contribution in [0.3, 0.4) is 0 Å². The van der Waals surface area contributed by atoms with E-state index in [4.69, 9.17) is 32.7 Å². The maximum absolute atomic E-state index is 11.7. The largest absolute Gasteiger partial charge is 0.513 e. The maximum Gasteiger partial charge on any atom is 0.513 e. The molecule has 0 aliphatic rings. The van der Waals surface area contributed by atoms with Crippen LogP contribution in [0.15, 0.2) is 36.4 Å². The molecule has 0 aliphatic heterocycles. The first kappa shape index (κ1) is 18.9. The average molecular weight is 384 g/mol. The van der Waals surface area contributed by atoms with Crippen LogP contribution in [0.1, 0.15) is 5.56 Å². The molecule has 1 N–H and O–H groups in total. The number of para-hydroxylation sites is 1. The number of hydrogen-bond donors (Lipinski definition) is 1. The number of benzene rings is 2. The lowest BCUT2D eigenvalue weighted by Gasteiger charge is -2.15. The highest BCUT2D eigenvalue weighted by molar-refractivity contribution is 6.39. The van der Waals surface area contributed by atoms with Gasteiger partial charge in [-0.1, -0.05) is 29.3 Å². The van der Waals surface area contributed by atoms with Crippen molar-refractivity contribution in [2.75, 3.05) is 19.5 Å². The van der Waals surface area contributed by atoms with Crippen molar-refractivity contribution in [3.8, 4) is 5.75 Å². The molecule has 0 aliphatic carbocycles. The summed E-state index contributed by atoms with van der Waals surface area (Å²) in [4.78, 5) is 22.9. The minimum atomic E-state index is -0.862. The van der Waals surface area contributed by atoms with Gasteiger partial charge in [0.1, 0.15) is 5.75 Å². The number of halogens is 2. The zero-order chi connectivity index (χ0) is 18.4. The lowest BCUT2D eigenvalue weighted by atomic mass is 10.1. The zero-order valence-corrected chi connectivity index (χ0v) is 15.0. The molecule has 0 atom stereocenters. The van der Waals surface area contributed by atoms with Crippen molar-refractivity contribution >= 4 is 46.7 Å². The number of hydrogen-bond acceptors (Lipinski definition) is 6. The molecule has 0 fully saturated rings. The van der Waals surface area contributed by atoms with Gasteiger partial charge in [0.25, 0.3) is 0 Å². The molecule has 0 saturated carbocycles. The van der Waals surface area contributed by atoms with Gasteiger partial charge in [0.05, 0.1) is 36.4 Å². The van der Waals surface area contributed by atoms with Crippen LogP contribution in [0, 0.1) is 0 Å². The lowest BCUT2D eigenvalue weighted by molar-refractivity contribution is -0.139. The Morgan fingerprint density at radius 3 is 2.32 bits per heavy atom. The van der Waals surface area contributed by atoms with Crippen molar-refractivity contribution in [3.05, 3.63) is 52.0 Å². The Labute approximate surface area is 154 Å². The SMILES string of the molecule is COC(=O)Cc1cc(OC(=O)OC)ccc1Nc1c(Cl)cccc1Cl. The first-order valence-electron chi connectivity index (χ1n) is 7.11. The Kier molecular flexibility index (Phi) is 6.50. The fourth-order valence-electron chi connectivity index (χ4n) is 2.02. The first-order valence-corrected chi connectivity index (χ1v) is 7.86. The number of anilines is 2. The van der Waals surface area contributed by atoms with Gasteiger partial charge in [-0.25, -0.2) is 4.79 Å². The summed E-state index contributed by atoms with van der Waals surface area (Å²) in [5, 5.41) is 3.93. The van der Waals surface area contributed by atoms with Crippen molar-refractivity contribution in [2.45, 2.75) is 6.42 Å². The van der Waals surface area contributed by atoms with Crippen LogP contribution in [0.4, 0.5) is 16.2 Å². The fourth-order valence-corrected chi connectivity index (χ4v) is 2.51. The molecule has 0 spiro atoms. The number of esters is 1. The van der Waals surface area contributed by atoms with Crippen LogP contribution < -0.4 is 10.1 Å². The lowest BCUT2D eigenvalue weighted by Crippen LogP contribution is -2.10. The summed E-state index contributed by atoms with van der Waals surface area (Å²) >= 11 is 12.3. The average Bonchev–Trinajstić information content (AvgIpc) is 2.59. The van der Waals surface area contributed by atoms with E-state index in [1.54, 1.807) is 30.3 Å². The minimum absolute atomic E-state index is 0.0424. The summed E-state index contributed by atoms with van der Waals surface area (Å²) in [7, 11) is 2.49. The summed E-state index contributed by atoms with van der Waals surface area (Å²) in [5.41, 5.74) is 1.60. The Hall–Kier alpha value is -2.44. The van der Waals surface area contributed by atoms with Crippen LogP contribution >= 0.6 is 23.2 Å². The van der Waals surface area contributed by atoms with Crippen molar-refractivity contribution in [3.63, 3.8) is 0 Å².